The van der Waals surface area contributed by atoms with Crippen LogP contribution in [0.4, 0.5) is 0 Å². The van der Waals surface area contributed by atoms with Crippen molar-refractivity contribution in [2.75, 3.05) is 26.3 Å². The molecule has 0 aliphatic heterocycles. The van der Waals surface area contributed by atoms with E-state index in [1.165, 1.54) is 0 Å². The zero-order valence-corrected chi connectivity index (χ0v) is 13.9. The van der Waals surface area contributed by atoms with Gasteiger partial charge in [-0.15, -0.1) is 0 Å². The molecule has 0 amide bonds. The van der Waals surface area contributed by atoms with Gasteiger partial charge in [0.25, 0.3) is 0 Å². The van der Waals surface area contributed by atoms with Crippen molar-refractivity contribution in [1.82, 2.24) is 5.32 Å². The summed E-state index contributed by atoms with van der Waals surface area (Å²) in [5.74, 6) is 0.867. The second kappa shape index (κ2) is 8.37. The summed E-state index contributed by atoms with van der Waals surface area (Å²) in [4.78, 5) is 0. The van der Waals surface area contributed by atoms with Gasteiger partial charge >= 0.3 is 0 Å². The number of aliphatic hydroxyl groups excluding tert-OH is 1. The van der Waals surface area contributed by atoms with E-state index in [9.17, 15) is 5.11 Å². The number of hydrogen-bond acceptors (Lipinski definition) is 4. The summed E-state index contributed by atoms with van der Waals surface area (Å²) in [6, 6.07) is 6.03. The second-order valence-electron chi connectivity index (χ2n) is 6.01. The van der Waals surface area contributed by atoms with E-state index in [1.54, 1.807) is 0 Å². The van der Waals surface area contributed by atoms with Gasteiger partial charge in [-0.3, -0.25) is 0 Å². The van der Waals surface area contributed by atoms with Crippen molar-refractivity contribution in [2.45, 2.75) is 46.3 Å². The Hall–Kier alpha value is -1.10. The SMILES string of the molecule is CCOC(C)(C)CNCC(O)COc1c(C)cccc1C. The summed E-state index contributed by atoms with van der Waals surface area (Å²) < 4.78 is 11.3. The van der Waals surface area contributed by atoms with Crippen LogP contribution in [0.1, 0.15) is 31.9 Å². The van der Waals surface area contributed by atoms with E-state index in [2.05, 4.69) is 5.32 Å². The van der Waals surface area contributed by atoms with Crippen LogP contribution in [0.25, 0.3) is 0 Å². The highest BCUT2D eigenvalue weighted by Crippen LogP contribution is 2.22. The molecular weight excluding hydrogens is 266 g/mol. The average Bonchev–Trinajstić information content (AvgIpc) is 2.37. The zero-order chi connectivity index (χ0) is 15.9. The molecule has 1 rings (SSSR count). The van der Waals surface area contributed by atoms with Crippen molar-refractivity contribution >= 4 is 0 Å². The van der Waals surface area contributed by atoms with Crippen molar-refractivity contribution in [3.05, 3.63) is 29.3 Å². The van der Waals surface area contributed by atoms with E-state index >= 15 is 0 Å². The maximum Gasteiger partial charge on any atom is 0.125 e. The Morgan fingerprint density at radius 1 is 1.24 bits per heavy atom. The van der Waals surface area contributed by atoms with Crippen molar-refractivity contribution in [1.29, 1.82) is 0 Å². The summed E-state index contributed by atoms with van der Waals surface area (Å²) in [5.41, 5.74) is 1.96. The van der Waals surface area contributed by atoms with Gasteiger partial charge in [-0.05, 0) is 45.7 Å². The summed E-state index contributed by atoms with van der Waals surface area (Å²) in [6.07, 6.45) is -0.540. The molecular formula is C17H29NO3. The second-order valence-corrected chi connectivity index (χ2v) is 6.01. The normalized spacial score (nSPS) is 13.2. The summed E-state index contributed by atoms with van der Waals surface area (Å²) in [7, 11) is 0. The van der Waals surface area contributed by atoms with Crippen LogP contribution < -0.4 is 10.1 Å². The van der Waals surface area contributed by atoms with Gasteiger partial charge in [-0.25, -0.2) is 0 Å². The molecule has 2 N–H and O–H groups in total. The first-order valence-electron chi connectivity index (χ1n) is 7.57. The van der Waals surface area contributed by atoms with E-state index in [0.29, 0.717) is 19.7 Å². The van der Waals surface area contributed by atoms with Gasteiger partial charge in [0.2, 0.25) is 0 Å². The fourth-order valence-corrected chi connectivity index (χ4v) is 2.25. The predicted molar refractivity (Wildman–Crippen MR) is 86.0 cm³/mol. The lowest BCUT2D eigenvalue weighted by Gasteiger charge is -2.25. The minimum atomic E-state index is -0.540. The summed E-state index contributed by atoms with van der Waals surface area (Å²) >= 11 is 0. The molecule has 0 radical (unpaired) electrons. The molecule has 120 valence electrons. The molecule has 4 heteroatoms. The standard InChI is InChI=1S/C17H29NO3/c1-6-21-17(4,5)12-18-10-15(19)11-20-16-13(2)8-7-9-14(16)3/h7-9,15,18-19H,6,10-12H2,1-5H3. The number of aliphatic hydroxyl groups is 1. The third-order valence-corrected chi connectivity index (χ3v) is 3.29. The van der Waals surface area contributed by atoms with Gasteiger partial charge in [0.1, 0.15) is 18.5 Å². The molecule has 0 heterocycles. The van der Waals surface area contributed by atoms with Gasteiger partial charge in [0.05, 0.1) is 5.60 Å². The molecule has 21 heavy (non-hydrogen) atoms. The Bertz CT molecular complexity index is 412. The Balaban J connectivity index is 2.33. The minimum absolute atomic E-state index is 0.220. The van der Waals surface area contributed by atoms with E-state index < -0.39 is 6.10 Å². The lowest BCUT2D eigenvalue weighted by atomic mass is 10.1. The maximum absolute atomic E-state index is 9.99. The van der Waals surface area contributed by atoms with Crippen LogP contribution in [0, 0.1) is 13.8 Å². The van der Waals surface area contributed by atoms with Crippen molar-refractivity contribution in [3.63, 3.8) is 0 Å². The average molecular weight is 295 g/mol. The lowest BCUT2D eigenvalue weighted by Crippen LogP contribution is -2.41. The third kappa shape index (κ3) is 6.46. The molecule has 1 aromatic rings. The molecule has 4 nitrogen and oxygen atoms in total. The molecule has 0 saturated heterocycles. The molecule has 0 fully saturated rings. The molecule has 0 bridgehead atoms. The largest absolute Gasteiger partial charge is 0.490 e. The van der Waals surface area contributed by atoms with Crippen molar-refractivity contribution in [3.8, 4) is 5.75 Å². The predicted octanol–water partition coefficient (Wildman–Crippen LogP) is 2.45. The van der Waals surface area contributed by atoms with Crippen molar-refractivity contribution in [2.24, 2.45) is 0 Å². The molecule has 1 unspecified atom stereocenters. The third-order valence-electron chi connectivity index (χ3n) is 3.29. The van der Waals surface area contributed by atoms with E-state index in [-0.39, 0.29) is 12.2 Å². The quantitative estimate of drug-likeness (QED) is 0.735. The lowest BCUT2D eigenvalue weighted by molar-refractivity contribution is -0.0112. The molecule has 0 aromatic heterocycles. The van der Waals surface area contributed by atoms with Gasteiger partial charge in [0, 0.05) is 19.7 Å². The summed E-state index contributed by atoms with van der Waals surface area (Å²) in [6.45, 7) is 12.2. The van der Waals surface area contributed by atoms with Crippen LogP contribution in [0.2, 0.25) is 0 Å². The highest BCUT2D eigenvalue weighted by Gasteiger charge is 2.17. The number of ether oxygens (including phenoxy) is 2. The highest BCUT2D eigenvalue weighted by atomic mass is 16.5. The Kier molecular flexibility index (Phi) is 7.15. The van der Waals surface area contributed by atoms with E-state index in [4.69, 9.17) is 9.47 Å². The molecule has 0 aliphatic rings. The van der Waals surface area contributed by atoms with Crippen LogP contribution in [-0.2, 0) is 4.74 Å². The molecule has 1 atom stereocenters. The van der Waals surface area contributed by atoms with Gasteiger partial charge in [-0.2, -0.15) is 0 Å². The Morgan fingerprint density at radius 2 is 1.86 bits per heavy atom. The first kappa shape index (κ1) is 18.0. The molecule has 1 aromatic carbocycles. The molecule has 0 aliphatic carbocycles. The maximum atomic E-state index is 9.99. The number of para-hydroxylation sites is 1. The number of nitrogens with one attached hydrogen (secondary N) is 1. The number of benzene rings is 1. The fraction of sp³-hybridized carbons (Fsp3) is 0.647. The van der Waals surface area contributed by atoms with Crippen LogP contribution in [-0.4, -0.2) is 43.1 Å². The fourth-order valence-electron chi connectivity index (χ4n) is 2.25. The van der Waals surface area contributed by atoms with Gasteiger partial charge in [0.15, 0.2) is 0 Å². The first-order valence-corrected chi connectivity index (χ1v) is 7.57. The van der Waals surface area contributed by atoms with Crippen LogP contribution >= 0.6 is 0 Å². The number of aryl methyl sites for hydroxylation is 2. The molecule has 0 saturated carbocycles. The molecule has 0 spiro atoms. The monoisotopic (exact) mass is 295 g/mol. The van der Waals surface area contributed by atoms with Crippen LogP contribution in [0.15, 0.2) is 18.2 Å². The van der Waals surface area contributed by atoms with Gasteiger partial charge < -0.3 is 19.9 Å². The summed E-state index contributed by atoms with van der Waals surface area (Å²) in [5, 5.41) is 13.2. The van der Waals surface area contributed by atoms with Crippen molar-refractivity contribution < 1.29 is 14.6 Å². The highest BCUT2D eigenvalue weighted by molar-refractivity contribution is 5.39. The minimum Gasteiger partial charge on any atom is -0.490 e. The zero-order valence-electron chi connectivity index (χ0n) is 13.9. The smallest absolute Gasteiger partial charge is 0.125 e. The van der Waals surface area contributed by atoms with E-state index in [1.807, 2.05) is 52.8 Å². The number of hydrogen-bond donors (Lipinski definition) is 2. The van der Waals surface area contributed by atoms with Crippen LogP contribution in [0.3, 0.4) is 0 Å². The Morgan fingerprint density at radius 3 is 2.43 bits per heavy atom. The van der Waals surface area contributed by atoms with Gasteiger partial charge in [-0.1, -0.05) is 18.2 Å². The topological polar surface area (TPSA) is 50.7 Å². The first-order chi connectivity index (χ1) is 9.85. The van der Waals surface area contributed by atoms with Crippen LogP contribution in [0.5, 0.6) is 5.75 Å². The van der Waals surface area contributed by atoms with E-state index in [0.717, 1.165) is 16.9 Å². The Labute approximate surface area is 128 Å². The number of rotatable bonds is 9.